The van der Waals surface area contributed by atoms with Crippen LogP contribution in [0.25, 0.3) is 0 Å². The topological polar surface area (TPSA) is 29.9 Å². The maximum absolute atomic E-state index is 5.19. The highest BCUT2D eigenvalue weighted by Gasteiger charge is 2.20. The minimum atomic E-state index is -0.0867. The van der Waals surface area contributed by atoms with Gasteiger partial charge in [-0.25, -0.2) is 0 Å². The van der Waals surface area contributed by atoms with E-state index in [1.165, 1.54) is 0 Å². The van der Waals surface area contributed by atoms with Crippen LogP contribution in [0.4, 0.5) is 0 Å². The second-order valence-electron chi connectivity index (χ2n) is 3.86. The Bertz CT molecular complexity index is 338. The predicted octanol–water partition coefficient (Wildman–Crippen LogP) is 2.24. The molecule has 0 unspecified atom stereocenters. The number of hydrogen-bond donors (Lipinski definition) is 1. The van der Waals surface area contributed by atoms with Crippen LogP contribution in [0, 0.1) is 11.7 Å². The highest BCUT2D eigenvalue weighted by Crippen LogP contribution is 2.16. The third-order valence-corrected chi connectivity index (χ3v) is 2.29. The molecule has 1 heterocycles. The zero-order valence-electron chi connectivity index (χ0n) is 8.55. The number of ether oxygens (including phenoxy) is 1. The van der Waals surface area contributed by atoms with Gasteiger partial charge in [-0.05, 0) is 33.0 Å². The van der Waals surface area contributed by atoms with E-state index in [-0.39, 0.29) is 5.54 Å². The monoisotopic (exact) mass is 200 g/mol. The Morgan fingerprint density at radius 1 is 1.62 bits per heavy atom. The molecule has 0 saturated carbocycles. The first kappa shape index (κ1) is 10.5. The Hall–Kier alpha value is -0.610. The molecule has 74 valence electrons. The van der Waals surface area contributed by atoms with Gasteiger partial charge >= 0.3 is 0 Å². The SMILES string of the molecule is COCC(C)(C)n1cc(C)[nH]c1=S. The first-order valence-corrected chi connectivity index (χ1v) is 4.66. The van der Waals surface area contributed by atoms with Crippen molar-refractivity contribution in [2.75, 3.05) is 13.7 Å². The van der Waals surface area contributed by atoms with Crippen LogP contribution >= 0.6 is 12.2 Å². The Kier molecular flexibility index (Phi) is 2.93. The maximum Gasteiger partial charge on any atom is 0.177 e. The maximum atomic E-state index is 5.19. The van der Waals surface area contributed by atoms with E-state index in [0.717, 1.165) is 10.5 Å². The summed E-state index contributed by atoms with van der Waals surface area (Å²) in [7, 11) is 1.70. The number of nitrogens with zero attached hydrogens (tertiary/aromatic N) is 1. The molecule has 0 fully saturated rings. The quantitative estimate of drug-likeness (QED) is 0.758. The first-order valence-electron chi connectivity index (χ1n) is 4.25. The number of aryl methyl sites for hydroxylation is 1. The summed E-state index contributed by atoms with van der Waals surface area (Å²) in [6.07, 6.45) is 2.02. The number of methoxy groups -OCH3 is 1. The van der Waals surface area contributed by atoms with Crippen LogP contribution < -0.4 is 0 Å². The Morgan fingerprint density at radius 3 is 2.62 bits per heavy atom. The van der Waals surface area contributed by atoms with E-state index in [2.05, 4.69) is 18.8 Å². The van der Waals surface area contributed by atoms with E-state index in [4.69, 9.17) is 17.0 Å². The largest absolute Gasteiger partial charge is 0.382 e. The molecule has 0 radical (unpaired) electrons. The molecule has 0 aliphatic rings. The lowest BCUT2D eigenvalue weighted by atomic mass is 10.1. The summed E-state index contributed by atoms with van der Waals surface area (Å²) in [6, 6.07) is 0. The average Bonchev–Trinajstić information content (AvgIpc) is 2.30. The number of H-pyrrole nitrogens is 1. The van der Waals surface area contributed by atoms with Crippen molar-refractivity contribution in [1.29, 1.82) is 0 Å². The van der Waals surface area contributed by atoms with E-state index in [0.29, 0.717) is 6.61 Å². The fourth-order valence-corrected chi connectivity index (χ4v) is 1.85. The molecular formula is C9H16N2OS. The van der Waals surface area contributed by atoms with Gasteiger partial charge in [-0.2, -0.15) is 0 Å². The molecule has 1 aromatic heterocycles. The van der Waals surface area contributed by atoms with Gasteiger partial charge in [0.05, 0.1) is 12.1 Å². The average molecular weight is 200 g/mol. The zero-order valence-corrected chi connectivity index (χ0v) is 9.36. The number of hydrogen-bond acceptors (Lipinski definition) is 2. The predicted molar refractivity (Wildman–Crippen MR) is 55.6 cm³/mol. The minimum absolute atomic E-state index is 0.0867. The molecule has 1 aromatic rings. The highest BCUT2D eigenvalue weighted by molar-refractivity contribution is 7.71. The van der Waals surface area contributed by atoms with Crippen LogP contribution in [-0.2, 0) is 10.3 Å². The molecule has 13 heavy (non-hydrogen) atoms. The molecular weight excluding hydrogens is 184 g/mol. The van der Waals surface area contributed by atoms with Crippen LogP contribution in [0.5, 0.6) is 0 Å². The van der Waals surface area contributed by atoms with Crippen LogP contribution in [0.15, 0.2) is 6.20 Å². The molecule has 4 heteroatoms. The van der Waals surface area contributed by atoms with Crippen molar-refractivity contribution >= 4 is 12.2 Å². The highest BCUT2D eigenvalue weighted by atomic mass is 32.1. The summed E-state index contributed by atoms with van der Waals surface area (Å²) in [5.41, 5.74) is 0.991. The Labute approximate surface area is 83.7 Å². The number of rotatable bonds is 3. The van der Waals surface area contributed by atoms with Gasteiger partial charge in [-0.3, -0.25) is 0 Å². The fraction of sp³-hybridized carbons (Fsp3) is 0.667. The van der Waals surface area contributed by atoms with Crippen LogP contribution in [-0.4, -0.2) is 23.3 Å². The van der Waals surface area contributed by atoms with Gasteiger partial charge in [0.15, 0.2) is 4.77 Å². The molecule has 0 amide bonds. The van der Waals surface area contributed by atoms with Crippen LogP contribution in [0.2, 0.25) is 0 Å². The van der Waals surface area contributed by atoms with E-state index in [9.17, 15) is 0 Å². The van der Waals surface area contributed by atoms with Gasteiger partial charge < -0.3 is 14.3 Å². The number of imidazole rings is 1. The lowest BCUT2D eigenvalue weighted by molar-refractivity contribution is 0.109. The van der Waals surface area contributed by atoms with Crippen molar-refractivity contribution in [2.45, 2.75) is 26.3 Å². The zero-order chi connectivity index (χ0) is 10.1. The van der Waals surface area contributed by atoms with Crippen molar-refractivity contribution < 1.29 is 4.74 Å². The third-order valence-electron chi connectivity index (χ3n) is 2.00. The molecule has 0 bridgehead atoms. The van der Waals surface area contributed by atoms with E-state index < -0.39 is 0 Å². The number of aromatic amines is 1. The first-order chi connectivity index (χ1) is 5.97. The molecule has 1 N–H and O–H groups in total. The summed E-state index contributed by atoms with van der Waals surface area (Å²) in [5, 5.41) is 0. The van der Waals surface area contributed by atoms with Crippen molar-refractivity contribution in [3.05, 3.63) is 16.7 Å². The molecule has 0 atom stereocenters. The smallest absolute Gasteiger partial charge is 0.177 e. The standard InChI is InChI=1S/C9H16N2OS/c1-7-5-11(8(13)10-7)9(2,3)6-12-4/h5H,6H2,1-4H3,(H,10,13). The van der Waals surface area contributed by atoms with E-state index >= 15 is 0 Å². The molecule has 0 spiro atoms. The second kappa shape index (κ2) is 3.64. The van der Waals surface area contributed by atoms with Gasteiger partial charge in [0, 0.05) is 19.0 Å². The summed E-state index contributed by atoms with van der Waals surface area (Å²) in [4.78, 5) is 3.09. The Morgan fingerprint density at radius 2 is 2.23 bits per heavy atom. The molecule has 3 nitrogen and oxygen atoms in total. The van der Waals surface area contributed by atoms with Crippen LogP contribution in [0.3, 0.4) is 0 Å². The van der Waals surface area contributed by atoms with Gasteiger partial charge in [0.25, 0.3) is 0 Å². The van der Waals surface area contributed by atoms with E-state index in [1.807, 2.05) is 17.7 Å². The van der Waals surface area contributed by atoms with Gasteiger partial charge in [0.2, 0.25) is 0 Å². The number of nitrogens with one attached hydrogen (secondary N) is 1. The van der Waals surface area contributed by atoms with Crippen molar-refractivity contribution in [3.63, 3.8) is 0 Å². The Balaban J connectivity index is 3.06. The summed E-state index contributed by atoms with van der Waals surface area (Å²) in [5.74, 6) is 0. The van der Waals surface area contributed by atoms with Crippen molar-refractivity contribution in [2.24, 2.45) is 0 Å². The fourth-order valence-electron chi connectivity index (χ4n) is 1.39. The van der Waals surface area contributed by atoms with Crippen molar-refractivity contribution in [3.8, 4) is 0 Å². The van der Waals surface area contributed by atoms with Crippen molar-refractivity contribution in [1.82, 2.24) is 9.55 Å². The molecule has 0 aliphatic heterocycles. The lowest BCUT2D eigenvalue weighted by Gasteiger charge is -2.25. The molecule has 0 aromatic carbocycles. The summed E-state index contributed by atoms with van der Waals surface area (Å²) < 4.78 is 7.92. The second-order valence-corrected chi connectivity index (χ2v) is 4.24. The summed E-state index contributed by atoms with van der Waals surface area (Å²) in [6.45, 7) is 6.84. The molecule has 1 rings (SSSR count). The minimum Gasteiger partial charge on any atom is -0.382 e. The third kappa shape index (κ3) is 2.19. The van der Waals surface area contributed by atoms with Gasteiger partial charge in [-0.1, -0.05) is 0 Å². The molecule has 0 aliphatic carbocycles. The summed E-state index contributed by atoms with van der Waals surface area (Å²) >= 11 is 5.19. The van der Waals surface area contributed by atoms with Gasteiger partial charge in [-0.15, -0.1) is 0 Å². The molecule has 0 saturated heterocycles. The van der Waals surface area contributed by atoms with Gasteiger partial charge in [0.1, 0.15) is 0 Å². The van der Waals surface area contributed by atoms with Crippen LogP contribution in [0.1, 0.15) is 19.5 Å². The normalized spacial score (nSPS) is 12.0. The lowest BCUT2D eigenvalue weighted by Crippen LogP contribution is -2.31. The van der Waals surface area contributed by atoms with E-state index in [1.54, 1.807) is 7.11 Å². The number of aromatic nitrogens is 2.